The Balaban J connectivity index is 1.80. The Bertz CT molecular complexity index is 922. The van der Waals surface area contributed by atoms with Crippen molar-refractivity contribution in [1.29, 1.82) is 0 Å². The maximum atomic E-state index is 13.3. The van der Waals surface area contributed by atoms with Crippen molar-refractivity contribution in [3.8, 4) is 5.75 Å². The highest BCUT2D eigenvalue weighted by atomic mass is 28.3. The molecule has 1 heterocycles. The van der Waals surface area contributed by atoms with Gasteiger partial charge in [-0.15, -0.1) is 0 Å². The van der Waals surface area contributed by atoms with E-state index in [-0.39, 0.29) is 30.9 Å². The second kappa shape index (κ2) is 10.3. The zero-order valence-electron chi connectivity index (χ0n) is 19.4. The summed E-state index contributed by atoms with van der Waals surface area (Å²) in [6.07, 6.45) is 1.85. The molecule has 2 aromatic rings. The summed E-state index contributed by atoms with van der Waals surface area (Å²) in [5.74, 6) is 0.608. The van der Waals surface area contributed by atoms with E-state index in [9.17, 15) is 14.7 Å². The molecule has 2 aromatic carbocycles. The molecule has 0 aromatic heterocycles. The third-order valence-electron chi connectivity index (χ3n) is 6.09. The fraction of sp³-hybridized carbons (Fsp3) is 0.440. The third kappa shape index (κ3) is 5.78. The number of amides is 2. The van der Waals surface area contributed by atoms with Crippen molar-refractivity contribution < 1.29 is 19.4 Å². The first kappa shape index (κ1) is 24.0. The van der Waals surface area contributed by atoms with E-state index in [0.29, 0.717) is 17.9 Å². The van der Waals surface area contributed by atoms with Gasteiger partial charge in [-0.1, -0.05) is 61.2 Å². The molecule has 32 heavy (non-hydrogen) atoms. The number of nitrogens with zero attached hydrogens (tertiary/aromatic N) is 1. The Kier molecular flexibility index (Phi) is 7.74. The molecule has 2 unspecified atom stereocenters. The van der Waals surface area contributed by atoms with Crippen molar-refractivity contribution in [1.82, 2.24) is 10.2 Å². The lowest BCUT2D eigenvalue weighted by molar-refractivity contribution is -0.120. The number of ether oxygens (including phenoxy) is 1. The molecule has 0 bridgehead atoms. The number of carbonyl (C=O) groups is 2. The zero-order valence-corrected chi connectivity index (χ0v) is 20.4. The van der Waals surface area contributed by atoms with Crippen LogP contribution in [-0.2, 0) is 11.2 Å². The Hall–Kier alpha value is -2.64. The van der Waals surface area contributed by atoms with Gasteiger partial charge in [0.1, 0.15) is 11.8 Å². The van der Waals surface area contributed by atoms with Gasteiger partial charge >= 0.3 is 6.03 Å². The predicted molar refractivity (Wildman–Crippen MR) is 129 cm³/mol. The molecule has 6 nitrogen and oxygen atoms in total. The van der Waals surface area contributed by atoms with Gasteiger partial charge in [0.15, 0.2) is 5.78 Å². The van der Waals surface area contributed by atoms with E-state index in [1.165, 1.54) is 5.19 Å². The molecular weight excluding hydrogens is 420 g/mol. The van der Waals surface area contributed by atoms with E-state index >= 15 is 0 Å². The minimum Gasteiger partial charge on any atom is -0.497 e. The van der Waals surface area contributed by atoms with Crippen LogP contribution in [0.2, 0.25) is 19.6 Å². The van der Waals surface area contributed by atoms with Crippen LogP contribution in [0, 0.1) is 0 Å². The van der Waals surface area contributed by atoms with Crippen LogP contribution in [0.3, 0.4) is 0 Å². The van der Waals surface area contributed by atoms with Gasteiger partial charge in [-0.2, -0.15) is 0 Å². The van der Waals surface area contributed by atoms with E-state index in [0.717, 1.165) is 18.4 Å². The molecule has 0 radical (unpaired) electrons. The largest absolute Gasteiger partial charge is 0.497 e. The fourth-order valence-corrected chi connectivity index (χ4v) is 5.24. The molecule has 2 amide bonds. The van der Waals surface area contributed by atoms with Gasteiger partial charge in [-0.25, -0.2) is 4.79 Å². The van der Waals surface area contributed by atoms with Crippen molar-refractivity contribution in [2.45, 2.75) is 51.0 Å². The first-order valence-electron chi connectivity index (χ1n) is 11.2. The third-order valence-corrected chi connectivity index (χ3v) is 8.15. The predicted octanol–water partition coefficient (Wildman–Crippen LogP) is 3.26. The number of nitrogens with one attached hydrogen (secondary N) is 1. The zero-order chi connectivity index (χ0) is 23.3. The summed E-state index contributed by atoms with van der Waals surface area (Å²) in [7, 11) is 0.182. The van der Waals surface area contributed by atoms with Crippen LogP contribution < -0.4 is 15.2 Å². The van der Waals surface area contributed by atoms with Gasteiger partial charge in [-0.3, -0.25) is 4.79 Å². The summed E-state index contributed by atoms with van der Waals surface area (Å²) in [5, 5.41) is 13.8. The monoisotopic (exact) mass is 454 g/mol. The highest BCUT2D eigenvalue weighted by molar-refractivity contribution is 6.88. The van der Waals surface area contributed by atoms with Gasteiger partial charge in [0.25, 0.3) is 0 Å². The maximum Gasteiger partial charge on any atom is 0.318 e. The SMILES string of the molecule is COc1ccc(C(NC(=O)N2CCCC2CO)C(=O)Cc2ccc([Si](C)(C)C)cc2)cc1. The molecule has 0 saturated carbocycles. The molecule has 172 valence electrons. The van der Waals surface area contributed by atoms with E-state index < -0.39 is 14.1 Å². The van der Waals surface area contributed by atoms with Crippen molar-refractivity contribution in [2.24, 2.45) is 0 Å². The van der Waals surface area contributed by atoms with E-state index in [1.54, 1.807) is 24.1 Å². The number of carbonyl (C=O) groups excluding carboxylic acids is 2. The highest BCUT2D eigenvalue weighted by Crippen LogP contribution is 2.23. The molecule has 1 aliphatic rings. The number of benzene rings is 2. The van der Waals surface area contributed by atoms with Crippen LogP contribution in [0.5, 0.6) is 5.75 Å². The lowest BCUT2D eigenvalue weighted by Crippen LogP contribution is -2.47. The Morgan fingerprint density at radius 3 is 2.34 bits per heavy atom. The second-order valence-electron chi connectivity index (χ2n) is 9.42. The molecule has 0 spiro atoms. The molecule has 0 aliphatic carbocycles. The van der Waals surface area contributed by atoms with Crippen molar-refractivity contribution in [3.05, 3.63) is 59.7 Å². The molecular formula is C25H34N2O4Si. The van der Waals surface area contributed by atoms with Gasteiger partial charge in [0, 0.05) is 13.0 Å². The number of hydrogen-bond acceptors (Lipinski definition) is 4. The van der Waals surface area contributed by atoms with Crippen LogP contribution in [0.4, 0.5) is 4.79 Å². The second-order valence-corrected chi connectivity index (χ2v) is 14.5. The van der Waals surface area contributed by atoms with Gasteiger partial charge < -0.3 is 20.1 Å². The molecule has 2 atom stereocenters. The summed E-state index contributed by atoms with van der Waals surface area (Å²) in [6.45, 7) is 7.39. The minimum atomic E-state index is -1.41. The number of aliphatic hydroxyl groups excluding tert-OH is 1. The van der Waals surface area contributed by atoms with Crippen LogP contribution >= 0.6 is 0 Å². The van der Waals surface area contributed by atoms with Gasteiger partial charge in [0.05, 0.1) is 27.8 Å². The standard InChI is InChI=1S/C25H34N2O4Si/c1-31-21-11-9-19(10-12-21)24(26-25(30)27-15-5-6-20(27)17-28)23(29)16-18-7-13-22(14-8-18)32(2,3)4/h7-14,20,24,28H,5-6,15-17H2,1-4H3,(H,26,30). The van der Waals surface area contributed by atoms with E-state index in [4.69, 9.17) is 4.74 Å². The molecule has 2 N–H and O–H groups in total. The first-order valence-corrected chi connectivity index (χ1v) is 14.7. The summed E-state index contributed by atoms with van der Waals surface area (Å²) in [5.41, 5.74) is 1.64. The Labute approximate surface area is 191 Å². The van der Waals surface area contributed by atoms with Gasteiger partial charge in [-0.05, 0) is 36.1 Å². The van der Waals surface area contributed by atoms with Gasteiger partial charge in [0.2, 0.25) is 0 Å². The highest BCUT2D eigenvalue weighted by Gasteiger charge is 2.31. The Morgan fingerprint density at radius 1 is 1.12 bits per heavy atom. The number of ketones is 1. The van der Waals surface area contributed by atoms with Crippen LogP contribution in [0.15, 0.2) is 48.5 Å². The fourth-order valence-electron chi connectivity index (χ4n) is 4.07. The van der Waals surface area contributed by atoms with E-state index in [2.05, 4.69) is 37.1 Å². The number of methoxy groups -OCH3 is 1. The molecule has 3 rings (SSSR count). The number of rotatable bonds is 8. The van der Waals surface area contributed by atoms with Crippen molar-refractivity contribution in [2.75, 3.05) is 20.3 Å². The smallest absolute Gasteiger partial charge is 0.318 e. The minimum absolute atomic E-state index is 0.0714. The van der Waals surface area contributed by atoms with Crippen molar-refractivity contribution in [3.63, 3.8) is 0 Å². The number of Topliss-reactive ketones (excluding diaryl/α,β-unsaturated/α-hetero) is 1. The Morgan fingerprint density at radius 2 is 1.78 bits per heavy atom. The number of likely N-dealkylation sites (tertiary alicyclic amines) is 1. The number of urea groups is 1. The van der Waals surface area contributed by atoms with Crippen LogP contribution in [-0.4, -0.2) is 56.2 Å². The molecule has 1 aliphatic heterocycles. The average Bonchev–Trinajstić information content (AvgIpc) is 3.26. The van der Waals surface area contributed by atoms with Crippen LogP contribution in [0.1, 0.15) is 30.0 Å². The number of aliphatic hydroxyl groups is 1. The average molecular weight is 455 g/mol. The summed E-state index contributed by atoms with van der Waals surface area (Å²) in [6, 6.07) is 14.2. The molecule has 7 heteroatoms. The van der Waals surface area contributed by atoms with Crippen LogP contribution in [0.25, 0.3) is 0 Å². The van der Waals surface area contributed by atoms with Crippen molar-refractivity contribution >= 4 is 25.1 Å². The number of hydrogen-bond donors (Lipinski definition) is 2. The normalized spacial score (nSPS) is 17.2. The lowest BCUT2D eigenvalue weighted by atomic mass is 9.97. The van der Waals surface area contributed by atoms with E-state index in [1.807, 2.05) is 24.3 Å². The summed E-state index contributed by atoms with van der Waals surface area (Å²) in [4.78, 5) is 27.9. The topological polar surface area (TPSA) is 78.9 Å². The first-order chi connectivity index (χ1) is 15.2. The summed E-state index contributed by atoms with van der Waals surface area (Å²) >= 11 is 0. The molecule has 1 saturated heterocycles. The lowest BCUT2D eigenvalue weighted by Gasteiger charge is -2.27. The summed E-state index contributed by atoms with van der Waals surface area (Å²) < 4.78 is 5.23. The quantitative estimate of drug-likeness (QED) is 0.600. The maximum absolute atomic E-state index is 13.3. The molecule has 1 fully saturated rings.